The summed E-state index contributed by atoms with van der Waals surface area (Å²) in [4.78, 5) is 21.3. The molecule has 0 fully saturated rings. The van der Waals surface area contributed by atoms with Crippen molar-refractivity contribution in [2.75, 3.05) is 11.9 Å². The van der Waals surface area contributed by atoms with Crippen molar-refractivity contribution >= 4 is 33.9 Å². The molecular weight excluding hydrogens is 386 g/mol. The van der Waals surface area contributed by atoms with E-state index in [1.807, 2.05) is 17.9 Å². The van der Waals surface area contributed by atoms with Crippen LogP contribution in [0, 0.1) is 0 Å². The standard InChI is InChI=1S/C19H18F2N4O2S/c1-2-25(11-16-23-15-6-4-3-5-14(15)17(26)24-16)19(28)22-12-7-9-13(10-8-12)27-18(20)21/h3-10,18H,2,11H2,1H3,(H,22,28)(H,23,24,26). The Hall–Kier alpha value is -3.07. The molecule has 0 amide bonds. The highest BCUT2D eigenvalue weighted by Gasteiger charge is 2.12. The van der Waals surface area contributed by atoms with Crippen molar-refractivity contribution in [3.05, 3.63) is 64.7 Å². The van der Waals surface area contributed by atoms with Crippen LogP contribution in [0.25, 0.3) is 10.9 Å². The first-order chi connectivity index (χ1) is 13.5. The normalized spacial score (nSPS) is 10.9. The number of hydrogen-bond donors (Lipinski definition) is 2. The Morgan fingerprint density at radius 2 is 1.96 bits per heavy atom. The van der Waals surface area contributed by atoms with Crippen LogP contribution in [-0.4, -0.2) is 33.1 Å². The van der Waals surface area contributed by atoms with Crippen LogP contribution in [0.1, 0.15) is 12.7 Å². The van der Waals surface area contributed by atoms with Gasteiger partial charge in [0.25, 0.3) is 5.56 Å². The van der Waals surface area contributed by atoms with E-state index in [-0.39, 0.29) is 11.3 Å². The van der Waals surface area contributed by atoms with Crippen LogP contribution in [0.5, 0.6) is 5.75 Å². The summed E-state index contributed by atoms with van der Waals surface area (Å²) in [5.74, 6) is 0.562. The molecule has 0 radical (unpaired) electrons. The fourth-order valence-corrected chi connectivity index (χ4v) is 2.95. The number of ether oxygens (including phenoxy) is 1. The zero-order valence-corrected chi connectivity index (χ0v) is 15.8. The van der Waals surface area contributed by atoms with Crippen molar-refractivity contribution < 1.29 is 13.5 Å². The number of para-hydroxylation sites is 1. The molecule has 0 aliphatic heterocycles. The Balaban J connectivity index is 1.71. The number of nitrogens with one attached hydrogen (secondary N) is 2. The average Bonchev–Trinajstić information content (AvgIpc) is 2.67. The van der Waals surface area contributed by atoms with E-state index >= 15 is 0 Å². The number of anilines is 1. The van der Waals surface area contributed by atoms with Crippen molar-refractivity contribution in [1.29, 1.82) is 0 Å². The molecule has 1 heterocycles. The van der Waals surface area contributed by atoms with Gasteiger partial charge in [-0.05, 0) is 55.5 Å². The summed E-state index contributed by atoms with van der Waals surface area (Å²) in [6.45, 7) is -0.0523. The maximum absolute atomic E-state index is 12.2. The van der Waals surface area contributed by atoms with Gasteiger partial charge in [-0.2, -0.15) is 8.78 Å². The molecule has 0 bridgehead atoms. The van der Waals surface area contributed by atoms with Gasteiger partial charge in [0.05, 0.1) is 17.4 Å². The summed E-state index contributed by atoms with van der Waals surface area (Å²) >= 11 is 5.43. The van der Waals surface area contributed by atoms with Crippen molar-refractivity contribution in [2.24, 2.45) is 0 Å². The highest BCUT2D eigenvalue weighted by Crippen LogP contribution is 2.18. The number of fused-ring (bicyclic) bond motifs is 1. The Morgan fingerprint density at radius 1 is 1.25 bits per heavy atom. The molecule has 2 N–H and O–H groups in total. The largest absolute Gasteiger partial charge is 0.435 e. The van der Waals surface area contributed by atoms with Crippen LogP contribution in [0.15, 0.2) is 53.3 Å². The van der Waals surface area contributed by atoms with Crippen molar-refractivity contribution in [3.8, 4) is 5.75 Å². The zero-order chi connectivity index (χ0) is 20.1. The van der Waals surface area contributed by atoms with E-state index in [0.717, 1.165) is 0 Å². The monoisotopic (exact) mass is 404 g/mol. The first-order valence-electron chi connectivity index (χ1n) is 8.55. The minimum absolute atomic E-state index is 0.0664. The number of rotatable bonds is 6. The van der Waals surface area contributed by atoms with E-state index in [1.54, 1.807) is 30.3 Å². The van der Waals surface area contributed by atoms with Gasteiger partial charge in [0, 0.05) is 12.2 Å². The van der Waals surface area contributed by atoms with Crippen LogP contribution >= 0.6 is 12.2 Å². The summed E-state index contributed by atoms with van der Waals surface area (Å²) in [5.41, 5.74) is 1.04. The number of benzene rings is 2. The van der Waals surface area contributed by atoms with Gasteiger partial charge in [-0.25, -0.2) is 4.98 Å². The lowest BCUT2D eigenvalue weighted by Crippen LogP contribution is -2.35. The summed E-state index contributed by atoms with van der Waals surface area (Å²) in [6, 6.07) is 13.1. The van der Waals surface area contributed by atoms with Crippen LogP contribution < -0.4 is 15.6 Å². The van der Waals surface area contributed by atoms with Crippen molar-refractivity contribution in [3.63, 3.8) is 0 Å². The van der Waals surface area contributed by atoms with Crippen LogP contribution in [-0.2, 0) is 6.54 Å². The smallest absolute Gasteiger partial charge is 0.387 e. The fourth-order valence-electron chi connectivity index (χ4n) is 2.64. The van der Waals surface area contributed by atoms with Gasteiger partial charge >= 0.3 is 6.61 Å². The molecule has 0 saturated carbocycles. The summed E-state index contributed by atoms with van der Waals surface area (Å²) in [5, 5.41) is 3.99. The molecule has 6 nitrogen and oxygen atoms in total. The van der Waals surface area contributed by atoms with E-state index in [9.17, 15) is 13.6 Å². The first kappa shape index (κ1) is 19.7. The lowest BCUT2D eigenvalue weighted by molar-refractivity contribution is -0.0498. The molecular formula is C19H18F2N4O2S. The van der Waals surface area contributed by atoms with Crippen molar-refractivity contribution in [2.45, 2.75) is 20.1 Å². The molecule has 0 saturated heterocycles. The Kier molecular flexibility index (Phi) is 6.15. The van der Waals surface area contributed by atoms with E-state index in [0.29, 0.717) is 40.6 Å². The van der Waals surface area contributed by atoms with Gasteiger partial charge in [0.15, 0.2) is 5.11 Å². The van der Waals surface area contributed by atoms with Gasteiger partial charge in [0.2, 0.25) is 0 Å². The van der Waals surface area contributed by atoms with Crippen molar-refractivity contribution in [1.82, 2.24) is 14.9 Å². The van der Waals surface area contributed by atoms with Gasteiger partial charge in [0.1, 0.15) is 11.6 Å². The second-order valence-electron chi connectivity index (χ2n) is 5.88. The van der Waals surface area contributed by atoms with Crippen LogP contribution in [0.4, 0.5) is 14.5 Å². The molecule has 9 heteroatoms. The zero-order valence-electron chi connectivity index (χ0n) is 15.0. The number of halogens is 2. The third kappa shape index (κ3) is 4.80. The van der Waals surface area contributed by atoms with E-state index in [2.05, 4.69) is 20.0 Å². The van der Waals surface area contributed by atoms with Gasteiger partial charge < -0.3 is 19.9 Å². The molecule has 0 unspecified atom stereocenters. The van der Waals surface area contributed by atoms with Gasteiger partial charge in [-0.1, -0.05) is 12.1 Å². The van der Waals surface area contributed by atoms with E-state index in [4.69, 9.17) is 12.2 Å². The second kappa shape index (κ2) is 8.75. The molecule has 0 aliphatic carbocycles. The molecule has 146 valence electrons. The SMILES string of the molecule is CCN(Cc1nc2ccccc2c(=O)[nH]1)C(=S)Nc1ccc(OC(F)F)cc1. The molecule has 3 rings (SSSR count). The molecule has 1 aromatic heterocycles. The lowest BCUT2D eigenvalue weighted by atomic mass is 10.2. The summed E-state index contributed by atoms with van der Waals surface area (Å²) in [7, 11) is 0. The van der Waals surface area contributed by atoms with Crippen LogP contribution in [0.3, 0.4) is 0 Å². The molecule has 3 aromatic rings. The highest BCUT2D eigenvalue weighted by atomic mass is 32.1. The number of thiocarbonyl (C=S) groups is 1. The Labute approximate surface area is 165 Å². The molecule has 2 aromatic carbocycles. The minimum atomic E-state index is -2.87. The molecule has 0 spiro atoms. The Bertz CT molecular complexity index is 1020. The first-order valence-corrected chi connectivity index (χ1v) is 8.96. The summed E-state index contributed by atoms with van der Waals surface area (Å²) in [6.07, 6.45) is 0. The molecule has 0 atom stereocenters. The average molecular weight is 404 g/mol. The number of nitrogens with zero attached hydrogens (tertiary/aromatic N) is 2. The Morgan fingerprint density at radius 3 is 2.64 bits per heavy atom. The van der Waals surface area contributed by atoms with Gasteiger partial charge in [-0.15, -0.1) is 0 Å². The van der Waals surface area contributed by atoms with Gasteiger partial charge in [-0.3, -0.25) is 4.79 Å². The summed E-state index contributed by atoms with van der Waals surface area (Å²) < 4.78 is 28.8. The molecule has 28 heavy (non-hydrogen) atoms. The second-order valence-corrected chi connectivity index (χ2v) is 6.26. The number of alkyl halides is 2. The maximum Gasteiger partial charge on any atom is 0.387 e. The quantitative estimate of drug-likeness (QED) is 0.610. The van der Waals surface area contributed by atoms with Crippen LogP contribution in [0.2, 0.25) is 0 Å². The fraction of sp³-hybridized carbons (Fsp3) is 0.211. The topological polar surface area (TPSA) is 70.2 Å². The third-order valence-electron chi connectivity index (χ3n) is 4.00. The number of hydrogen-bond acceptors (Lipinski definition) is 4. The lowest BCUT2D eigenvalue weighted by Gasteiger charge is -2.24. The van der Waals surface area contributed by atoms with E-state index < -0.39 is 6.61 Å². The number of H-pyrrole nitrogens is 1. The number of aromatic nitrogens is 2. The number of aromatic amines is 1. The van der Waals surface area contributed by atoms with E-state index in [1.165, 1.54) is 12.1 Å². The highest BCUT2D eigenvalue weighted by molar-refractivity contribution is 7.80. The minimum Gasteiger partial charge on any atom is -0.435 e. The molecule has 0 aliphatic rings. The predicted octanol–water partition coefficient (Wildman–Crippen LogP) is 3.74. The maximum atomic E-state index is 12.2. The predicted molar refractivity (Wildman–Crippen MR) is 108 cm³/mol. The third-order valence-corrected chi connectivity index (χ3v) is 4.36.